The minimum atomic E-state index is -0.316. The van der Waals surface area contributed by atoms with Crippen LogP contribution in [-0.2, 0) is 11.3 Å². The Labute approximate surface area is 170 Å². The molecule has 1 amide bonds. The lowest BCUT2D eigenvalue weighted by Crippen LogP contribution is -2.27. The number of hydrogen-bond acceptors (Lipinski definition) is 5. The van der Waals surface area contributed by atoms with Gasteiger partial charge in [0.25, 0.3) is 5.56 Å². The van der Waals surface area contributed by atoms with Crippen molar-refractivity contribution in [2.45, 2.75) is 6.54 Å². The third-order valence-electron chi connectivity index (χ3n) is 4.75. The van der Waals surface area contributed by atoms with Gasteiger partial charge in [-0.3, -0.25) is 14.2 Å². The van der Waals surface area contributed by atoms with E-state index in [0.29, 0.717) is 22.5 Å². The topological polar surface area (TPSA) is 90.0 Å². The summed E-state index contributed by atoms with van der Waals surface area (Å²) in [6.45, 7) is -0.121. The fraction of sp³-hybridized carbons (Fsp3) is 0.0435. The highest BCUT2D eigenvalue weighted by Crippen LogP contribution is 2.25. The van der Waals surface area contributed by atoms with Gasteiger partial charge in [0.2, 0.25) is 11.8 Å². The van der Waals surface area contributed by atoms with Crippen LogP contribution in [0.25, 0.3) is 33.5 Å². The Morgan fingerprint density at radius 3 is 2.47 bits per heavy atom. The number of para-hydroxylation sites is 3. The van der Waals surface area contributed by atoms with Crippen molar-refractivity contribution in [3.8, 4) is 11.5 Å². The summed E-state index contributed by atoms with van der Waals surface area (Å²) in [7, 11) is 0. The van der Waals surface area contributed by atoms with Gasteiger partial charge in [-0.2, -0.15) is 0 Å². The molecule has 0 saturated heterocycles. The average Bonchev–Trinajstić information content (AvgIpc) is 3.21. The van der Waals surface area contributed by atoms with E-state index >= 15 is 0 Å². The number of amides is 1. The molecule has 0 unspecified atom stereocenters. The highest BCUT2D eigenvalue weighted by Gasteiger charge is 2.10. The number of rotatable bonds is 4. The van der Waals surface area contributed by atoms with Gasteiger partial charge in [-0.1, -0.05) is 24.3 Å². The molecule has 2 aromatic heterocycles. The monoisotopic (exact) mass is 396 g/mol. The molecule has 2 heterocycles. The number of aromatic nitrogens is 3. The molecule has 0 radical (unpaired) electrons. The third-order valence-corrected chi connectivity index (χ3v) is 4.75. The zero-order valence-corrected chi connectivity index (χ0v) is 15.8. The summed E-state index contributed by atoms with van der Waals surface area (Å²) in [6, 6.07) is 21.8. The van der Waals surface area contributed by atoms with E-state index in [1.165, 1.54) is 10.9 Å². The summed E-state index contributed by atoms with van der Waals surface area (Å²) in [6.07, 6.45) is 1.39. The number of nitrogens with zero attached hydrogens (tertiary/aromatic N) is 3. The lowest BCUT2D eigenvalue weighted by Gasteiger charge is -2.08. The van der Waals surface area contributed by atoms with Crippen molar-refractivity contribution in [2.75, 3.05) is 5.32 Å². The van der Waals surface area contributed by atoms with E-state index in [1.54, 1.807) is 30.3 Å². The Kier molecular flexibility index (Phi) is 4.33. The standard InChI is InChI=1S/C23H16N4O3/c28-21(13-27-14-24-18-6-2-1-5-17(18)23(27)29)25-16-11-9-15(10-12-16)22-26-19-7-3-4-8-20(19)30-22/h1-12,14H,13H2,(H,25,28). The van der Waals surface area contributed by atoms with Gasteiger partial charge in [-0.25, -0.2) is 9.97 Å². The van der Waals surface area contributed by atoms with Crippen LogP contribution in [0.4, 0.5) is 5.69 Å². The first-order valence-corrected chi connectivity index (χ1v) is 9.37. The highest BCUT2D eigenvalue weighted by atomic mass is 16.3. The predicted molar refractivity (Wildman–Crippen MR) is 114 cm³/mol. The molecule has 0 bridgehead atoms. The molecule has 0 fully saturated rings. The van der Waals surface area contributed by atoms with Crippen LogP contribution < -0.4 is 10.9 Å². The van der Waals surface area contributed by atoms with E-state index < -0.39 is 0 Å². The second-order valence-corrected chi connectivity index (χ2v) is 6.81. The summed E-state index contributed by atoms with van der Waals surface area (Å²) in [5, 5.41) is 3.28. The van der Waals surface area contributed by atoms with E-state index in [4.69, 9.17) is 4.42 Å². The smallest absolute Gasteiger partial charge is 0.261 e. The summed E-state index contributed by atoms with van der Waals surface area (Å²) in [5.74, 6) is 0.201. The van der Waals surface area contributed by atoms with E-state index in [2.05, 4.69) is 15.3 Å². The molecule has 5 aromatic rings. The van der Waals surface area contributed by atoms with Crippen LogP contribution in [0.15, 0.2) is 88.3 Å². The van der Waals surface area contributed by atoms with E-state index in [0.717, 1.165) is 16.7 Å². The van der Waals surface area contributed by atoms with Crippen molar-refractivity contribution in [1.29, 1.82) is 0 Å². The Morgan fingerprint density at radius 1 is 0.933 bits per heavy atom. The second-order valence-electron chi connectivity index (χ2n) is 6.81. The normalized spacial score (nSPS) is 11.1. The molecule has 0 atom stereocenters. The van der Waals surface area contributed by atoms with Gasteiger partial charge in [0.05, 0.1) is 17.2 Å². The Morgan fingerprint density at radius 2 is 1.67 bits per heavy atom. The first kappa shape index (κ1) is 17.8. The first-order valence-electron chi connectivity index (χ1n) is 9.37. The molecule has 146 valence electrons. The van der Waals surface area contributed by atoms with Crippen LogP contribution in [-0.4, -0.2) is 20.4 Å². The number of oxazole rings is 1. The third kappa shape index (κ3) is 3.33. The van der Waals surface area contributed by atoms with E-state index in [9.17, 15) is 9.59 Å². The summed E-state index contributed by atoms with van der Waals surface area (Å²) >= 11 is 0. The van der Waals surface area contributed by atoms with Crippen LogP contribution in [0.1, 0.15) is 0 Å². The summed E-state index contributed by atoms with van der Waals surface area (Å²) < 4.78 is 7.05. The molecule has 7 heteroatoms. The van der Waals surface area contributed by atoms with Crippen LogP contribution in [0.3, 0.4) is 0 Å². The minimum Gasteiger partial charge on any atom is -0.436 e. The zero-order valence-electron chi connectivity index (χ0n) is 15.8. The SMILES string of the molecule is O=C(Cn1cnc2ccccc2c1=O)Nc1ccc(-c2nc3ccccc3o2)cc1. The second kappa shape index (κ2) is 7.29. The first-order chi connectivity index (χ1) is 14.7. The van der Waals surface area contributed by atoms with E-state index in [1.807, 2.05) is 42.5 Å². The van der Waals surface area contributed by atoms with Crippen LogP contribution in [0.5, 0.6) is 0 Å². The Hall–Kier alpha value is -4.26. The van der Waals surface area contributed by atoms with Crippen LogP contribution >= 0.6 is 0 Å². The largest absolute Gasteiger partial charge is 0.436 e. The molecule has 7 nitrogen and oxygen atoms in total. The summed E-state index contributed by atoms with van der Waals surface area (Å²) in [4.78, 5) is 33.6. The number of anilines is 1. The molecule has 5 rings (SSSR count). The number of carbonyl (C=O) groups is 1. The van der Waals surface area contributed by atoms with Gasteiger partial charge in [-0.05, 0) is 48.5 Å². The van der Waals surface area contributed by atoms with Gasteiger partial charge < -0.3 is 9.73 Å². The molecule has 30 heavy (non-hydrogen) atoms. The van der Waals surface area contributed by atoms with Crippen molar-refractivity contribution in [3.63, 3.8) is 0 Å². The van der Waals surface area contributed by atoms with Gasteiger partial charge in [0.15, 0.2) is 5.58 Å². The van der Waals surface area contributed by atoms with Crippen molar-refractivity contribution < 1.29 is 9.21 Å². The lowest BCUT2D eigenvalue weighted by atomic mass is 10.2. The van der Waals surface area contributed by atoms with Crippen molar-refractivity contribution >= 4 is 33.6 Å². The van der Waals surface area contributed by atoms with E-state index in [-0.39, 0.29) is 18.0 Å². The minimum absolute atomic E-state index is 0.121. The maximum absolute atomic E-state index is 12.5. The van der Waals surface area contributed by atoms with Crippen LogP contribution in [0.2, 0.25) is 0 Å². The quantitative estimate of drug-likeness (QED) is 0.498. The van der Waals surface area contributed by atoms with Gasteiger partial charge in [0, 0.05) is 11.3 Å². The predicted octanol–water partition coefficient (Wildman–Crippen LogP) is 3.84. The molecule has 0 aliphatic carbocycles. The van der Waals surface area contributed by atoms with Gasteiger partial charge in [0.1, 0.15) is 12.1 Å². The van der Waals surface area contributed by atoms with Crippen molar-refractivity contribution in [2.24, 2.45) is 0 Å². The van der Waals surface area contributed by atoms with Gasteiger partial charge >= 0.3 is 0 Å². The fourth-order valence-electron chi connectivity index (χ4n) is 3.27. The molecule has 0 saturated carbocycles. The number of fused-ring (bicyclic) bond motifs is 2. The number of benzene rings is 3. The molecular weight excluding hydrogens is 380 g/mol. The molecule has 1 N–H and O–H groups in total. The van der Waals surface area contributed by atoms with Crippen molar-refractivity contribution in [1.82, 2.24) is 14.5 Å². The fourth-order valence-corrected chi connectivity index (χ4v) is 3.27. The molecule has 0 aliphatic rings. The Balaban J connectivity index is 1.32. The zero-order chi connectivity index (χ0) is 20.5. The molecule has 0 spiro atoms. The number of carbonyl (C=O) groups excluding carboxylic acids is 1. The maximum atomic E-state index is 12.5. The number of nitrogens with one attached hydrogen (secondary N) is 1. The molecular formula is C23H16N4O3. The number of hydrogen-bond donors (Lipinski definition) is 1. The lowest BCUT2D eigenvalue weighted by molar-refractivity contribution is -0.116. The summed E-state index contributed by atoms with van der Waals surface area (Å²) in [5.41, 5.74) is 3.29. The van der Waals surface area contributed by atoms with Crippen LogP contribution in [0, 0.1) is 0 Å². The average molecular weight is 396 g/mol. The maximum Gasteiger partial charge on any atom is 0.261 e. The Bertz CT molecular complexity index is 1400. The molecule has 0 aliphatic heterocycles. The molecule has 3 aromatic carbocycles. The van der Waals surface area contributed by atoms with Gasteiger partial charge in [-0.15, -0.1) is 0 Å². The van der Waals surface area contributed by atoms with Crippen molar-refractivity contribution in [3.05, 3.63) is 89.5 Å². The highest BCUT2D eigenvalue weighted by molar-refractivity contribution is 5.91.